The lowest BCUT2D eigenvalue weighted by Crippen LogP contribution is -2.29. The Labute approximate surface area is 109 Å². The Kier molecular flexibility index (Phi) is 4.73. The lowest BCUT2D eigenvalue weighted by atomic mass is 10.1. The molecular formula is C14H23N3O. The number of hydrogen-bond donors (Lipinski definition) is 2. The summed E-state index contributed by atoms with van der Waals surface area (Å²) in [6.07, 6.45) is 0. The predicted molar refractivity (Wildman–Crippen MR) is 76.4 cm³/mol. The van der Waals surface area contributed by atoms with E-state index in [1.54, 1.807) is 0 Å². The van der Waals surface area contributed by atoms with Crippen LogP contribution in [0.5, 0.6) is 0 Å². The molecule has 0 aromatic heterocycles. The van der Waals surface area contributed by atoms with Crippen LogP contribution < -0.4 is 10.6 Å². The van der Waals surface area contributed by atoms with Gasteiger partial charge in [0.2, 0.25) is 0 Å². The number of anilines is 1. The van der Waals surface area contributed by atoms with Crippen LogP contribution in [0.25, 0.3) is 0 Å². The van der Waals surface area contributed by atoms with Crippen molar-refractivity contribution in [2.24, 2.45) is 5.73 Å². The molecule has 100 valence electrons. The predicted octanol–water partition coefficient (Wildman–Crippen LogP) is 2.22. The fraction of sp³-hybridized carbons (Fsp3) is 0.500. The van der Waals surface area contributed by atoms with Gasteiger partial charge in [0.15, 0.2) is 0 Å². The number of likely N-dealkylation sites (N-methyl/N-ethyl adjacent to an activating group) is 1. The maximum absolute atomic E-state index is 7.57. The highest BCUT2D eigenvalue weighted by Gasteiger charge is 2.12. The van der Waals surface area contributed by atoms with E-state index in [0.717, 1.165) is 17.8 Å². The van der Waals surface area contributed by atoms with Gasteiger partial charge < -0.3 is 15.4 Å². The Morgan fingerprint density at radius 1 is 1.33 bits per heavy atom. The van der Waals surface area contributed by atoms with E-state index in [-0.39, 0.29) is 11.4 Å². The van der Waals surface area contributed by atoms with Gasteiger partial charge in [0, 0.05) is 24.8 Å². The van der Waals surface area contributed by atoms with Crippen molar-refractivity contribution >= 4 is 11.5 Å². The summed E-state index contributed by atoms with van der Waals surface area (Å²) in [6, 6.07) is 7.66. The number of nitrogens with one attached hydrogen (secondary N) is 1. The van der Waals surface area contributed by atoms with Gasteiger partial charge >= 0.3 is 0 Å². The van der Waals surface area contributed by atoms with Gasteiger partial charge in [-0.15, -0.1) is 0 Å². The van der Waals surface area contributed by atoms with E-state index in [1.807, 2.05) is 52.1 Å². The third-order valence-electron chi connectivity index (χ3n) is 2.57. The van der Waals surface area contributed by atoms with Crippen LogP contribution in [0.3, 0.4) is 0 Å². The number of benzene rings is 1. The van der Waals surface area contributed by atoms with E-state index in [4.69, 9.17) is 15.9 Å². The molecule has 0 saturated heterocycles. The zero-order valence-corrected chi connectivity index (χ0v) is 11.7. The van der Waals surface area contributed by atoms with Gasteiger partial charge in [-0.25, -0.2) is 0 Å². The van der Waals surface area contributed by atoms with Crippen LogP contribution in [0.15, 0.2) is 24.3 Å². The van der Waals surface area contributed by atoms with Crippen LogP contribution in [0, 0.1) is 5.41 Å². The fourth-order valence-corrected chi connectivity index (χ4v) is 1.64. The van der Waals surface area contributed by atoms with Gasteiger partial charge in [-0.2, -0.15) is 0 Å². The summed E-state index contributed by atoms with van der Waals surface area (Å²) in [4.78, 5) is 2.06. The van der Waals surface area contributed by atoms with E-state index < -0.39 is 0 Å². The number of para-hydroxylation sites is 1. The zero-order chi connectivity index (χ0) is 13.8. The molecule has 1 aromatic carbocycles. The molecule has 0 saturated carbocycles. The maximum Gasteiger partial charge on any atom is 0.124 e. The zero-order valence-electron chi connectivity index (χ0n) is 11.7. The lowest BCUT2D eigenvalue weighted by Gasteiger charge is -2.25. The van der Waals surface area contributed by atoms with Crippen molar-refractivity contribution in [1.82, 2.24) is 0 Å². The first kappa shape index (κ1) is 14.5. The molecule has 0 fully saturated rings. The third-order valence-corrected chi connectivity index (χ3v) is 2.57. The van der Waals surface area contributed by atoms with Crippen molar-refractivity contribution in [2.45, 2.75) is 26.4 Å². The molecule has 4 nitrogen and oxygen atoms in total. The molecule has 0 aliphatic heterocycles. The van der Waals surface area contributed by atoms with E-state index >= 15 is 0 Å². The number of ether oxygens (including phenoxy) is 1. The molecule has 0 amide bonds. The Hall–Kier alpha value is -1.55. The number of rotatable bonds is 5. The summed E-state index contributed by atoms with van der Waals surface area (Å²) in [6.45, 7) is 7.53. The molecule has 0 aliphatic carbocycles. The lowest BCUT2D eigenvalue weighted by molar-refractivity contribution is 0.00168. The van der Waals surface area contributed by atoms with Gasteiger partial charge in [0.1, 0.15) is 5.84 Å². The minimum Gasteiger partial charge on any atom is -0.384 e. The summed E-state index contributed by atoms with van der Waals surface area (Å²) in [5, 5.41) is 7.57. The van der Waals surface area contributed by atoms with E-state index in [1.165, 1.54) is 0 Å². The largest absolute Gasteiger partial charge is 0.384 e. The minimum absolute atomic E-state index is 0.0918. The van der Waals surface area contributed by atoms with E-state index in [2.05, 4.69) is 4.90 Å². The van der Waals surface area contributed by atoms with Crippen molar-refractivity contribution in [3.8, 4) is 0 Å². The average molecular weight is 249 g/mol. The van der Waals surface area contributed by atoms with Gasteiger partial charge in [0.25, 0.3) is 0 Å². The van der Waals surface area contributed by atoms with Crippen LogP contribution in [-0.4, -0.2) is 31.6 Å². The molecule has 0 spiro atoms. The van der Waals surface area contributed by atoms with Crippen molar-refractivity contribution in [3.63, 3.8) is 0 Å². The van der Waals surface area contributed by atoms with Crippen LogP contribution in [0.1, 0.15) is 26.3 Å². The van der Waals surface area contributed by atoms with E-state index in [9.17, 15) is 0 Å². The number of nitrogens with two attached hydrogens (primary N) is 1. The second-order valence-corrected chi connectivity index (χ2v) is 5.31. The Morgan fingerprint density at radius 3 is 2.50 bits per heavy atom. The highest BCUT2D eigenvalue weighted by molar-refractivity contribution is 6.00. The van der Waals surface area contributed by atoms with Crippen molar-refractivity contribution in [1.29, 1.82) is 5.41 Å². The summed E-state index contributed by atoms with van der Waals surface area (Å²) in [7, 11) is 1.98. The highest BCUT2D eigenvalue weighted by Crippen LogP contribution is 2.18. The third kappa shape index (κ3) is 4.37. The molecule has 0 heterocycles. The van der Waals surface area contributed by atoms with Crippen LogP contribution in [0.4, 0.5) is 5.69 Å². The second-order valence-electron chi connectivity index (χ2n) is 5.31. The first-order valence-corrected chi connectivity index (χ1v) is 6.10. The monoisotopic (exact) mass is 249 g/mol. The number of hydrogen-bond acceptors (Lipinski definition) is 3. The molecule has 1 aromatic rings. The van der Waals surface area contributed by atoms with Crippen LogP contribution in [-0.2, 0) is 4.74 Å². The number of nitrogen functional groups attached to an aromatic ring is 1. The first-order chi connectivity index (χ1) is 8.31. The van der Waals surface area contributed by atoms with Gasteiger partial charge in [-0.1, -0.05) is 12.1 Å². The topological polar surface area (TPSA) is 62.3 Å². The molecule has 0 unspecified atom stereocenters. The molecule has 0 atom stereocenters. The Morgan fingerprint density at radius 2 is 1.94 bits per heavy atom. The van der Waals surface area contributed by atoms with Crippen molar-refractivity contribution < 1.29 is 4.74 Å². The van der Waals surface area contributed by atoms with Gasteiger partial charge in [-0.05, 0) is 32.9 Å². The molecule has 0 radical (unpaired) electrons. The standard InChI is InChI=1S/C14H23N3O/c1-14(2,3)18-10-9-17(4)12-8-6-5-7-11(12)13(15)16/h5-8H,9-10H2,1-4H3,(H3,15,16). The van der Waals surface area contributed by atoms with E-state index in [0.29, 0.717) is 6.61 Å². The van der Waals surface area contributed by atoms with Crippen LogP contribution >= 0.6 is 0 Å². The maximum atomic E-state index is 7.57. The Balaban J connectivity index is 2.67. The molecule has 18 heavy (non-hydrogen) atoms. The highest BCUT2D eigenvalue weighted by atomic mass is 16.5. The SMILES string of the molecule is CN(CCOC(C)(C)C)c1ccccc1C(=N)N. The fourth-order valence-electron chi connectivity index (χ4n) is 1.64. The van der Waals surface area contributed by atoms with Gasteiger partial charge in [-0.3, -0.25) is 5.41 Å². The second kappa shape index (κ2) is 5.87. The van der Waals surface area contributed by atoms with Crippen molar-refractivity contribution in [2.75, 3.05) is 25.1 Å². The molecular weight excluding hydrogens is 226 g/mol. The summed E-state index contributed by atoms with van der Waals surface area (Å²) >= 11 is 0. The first-order valence-electron chi connectivity index (χ1n) is 6.10. The average Bonchev–Trinajstić information content (AvgIpc) is 2.27. The molecule has 1 rings (SSSR count). The summed E-state index contributed by atoms with van der Waals surface area (Å²) < 4.78 is 5.70. The van der Waals surface area contributed by atoms with Gasteiger partial charge in [0.05, 0.1) is 12.2 Å². The summed E-state index contributed by atoms with van der Waals surface area (Å²) in [5.74, 6) is 0.0918. The smallest absolute Gasteiger partial charge is 0.124 e. The normalized spacial score (nSPS) is 11.3. The van der Waals surface area contributed by atoms with Crippen molar-refractivity contribution in [3.05, 3.63) is 29.8 Å². The molecule has 0 aliphatic rings. The number of nitrogens with zero attached hydrogens (tertiary/aromatic N) is 1. The van der Waals surface area contributed by atoms with Crippen LogP contribution in [0.2, 0.25) is 0 Å². The Bertz CT molecular complexity index is 410. The molecule has 0 bridgehead atoms. The quantitative estimate of drug-likeness (QED) is 0.621. The molecule has 4 heteroatoms. The molecule has 3 N–H and O–H groups in total. The summed E-state index contributed by atoms with van der Waals surface area (Å²) in [5.41, 5.74) is 7.17. The number of amidine groups is 1. The minimum atomic E-state index is -0.124.